The topological polar surface area (TPSA) is 17.1 Å². The minimum Gasteiger partial charge on any atom is -0.299 e. The molecule has 0 N–H and O–H groups in total. The third-order valence-corrected chi connectivity index (χ3v) is 3.11. The Hall–Kier alpha value is -0.330. The van der Waals surface area contributed by atoms with Crippen LogP contribution in [-0.4, -0.2) is 5.78 Å². The van der Waals surface area contributed by atoms with E-state index in [9.17, 15) is 4.79 Å². The highest BCUT2D eigenvalue weighted by atomic mass is 16.1. The van der Waals surface area contributed by atoms with Crippen molar-refractivity contribution in [2.45, 2.75) is 66.7 Å². The summed E-state index contributed by atoms with van der Waals surface area (Å²) in [7, 11) is 0. The molecular formula is C14H28O. The van der Waals surface area contributed by atoms with Gasteiger partial charge >= 0.3 is 0 Å². The molecule has 15 heavy (non-hydrogen) atoms. The summed E-state index contributed by atoms with van der Waals surface area (Å²) in [5.74, 6) is 2.07. The summed E-state index contributed by atoms with van der Waals surface area (Å²) in [5.41, 5.74) is 0. The number of rotatable bonds is 8. The SMILES string of the molecule is CCC(=O)C(CCCCC(C)C)C(C)C. The van der Waals surface area contributed by atoms with Crippen molar-refractivity contribution in [1.29, 1.82) is 0 Å². The molecule has 0 aliphatic carbocycles. The van der Waals surface area contributed by atoms with Crippen LogP contribution in [0, 0.1) is 17.8 Å². The van der Waals surface area contributed by atoms with Gasteiger partial charge in [0.15, 0.2) is 0 Å². The summed E-state index contributed by atoms with van der Waals surface area (Å²) in [6.45, 7) is 10.8. The molecule has 0 aromatic heterocycles. The highest BCUT2D eigenvalue weighted by Gasteiger charge is 2.19. The van der Waals surface area contributed by atoms with E-state index >= 15 is 0 Å². The Morgan fingerprint density at radius 3 is 1.93 bits per heavy atom. The maximum Gasteiger partial charge on any atom is 0.135 e. The Kier molecular flexibility index (Phi) is 7.72. The van der Waals surface area contributed by atoms with Gasteiger partial charge < -0.3 is 0 Å². The molecule has 1 nitrogen and oxygen atoms in total. The minimum atomic E-state index is 0.308. The van der Waals surface area contributed by atoms with E-state index in [1.807, 2.05) is 6.92 Å². The molecule has 0 aliphatic heterocycles. The van der Waals surface area contributed by atoms with Crippen LogP contribution in [0.15, 0.2) is 0 Å². The molecule has 0 rings (SSSR count). The van der Waals surface area contributed by atoms with Crippen molar-refractivity contribution < 1.29 is 4.79 Å². The van der Waals surface area contributed by atoms with Gasteiger partial charge in [-0.25, -0.2) is 0 Å². The number of hydrogen-bond acceptors (Lipinski definition) is 1. The molecule has 1 unspecified atom stereocenters. The van der Waals surface area contributed by atoms with Crippen LogP contribution in [0.25, 0.3) is 0 Å². The van der Waals surface area contributed by atoms with Gasteiger partial charge in [0.25, 0.3) is 0 Å². The fourth-order valence-corrected chi connectivity index (χ4v) is 2.05. The first-order chi connectivity index (χ1) is 6.99. The van der Waals surface area contributed by atoms with Crippen LogP contribution in [0.1, 0.15) is 66.7 Å². The van der Waals surface area contributed by atoms with Crippen molar-refractivity contribution in [2.75, 3.05) is 0 Å². The van der Waals surface area contributed by atoms with Gasteiger partial charge in [0, 0.05) is 12.3 Å². The van der Waals surface area contributed by atoms with Crippen LogP contribution in [0.4, 0.5) is 0 Å². The maximum absolute atomic E-state index is 11.7. The zero-order valence-electron chi connectivity index (χ0n) is 11.2. The zero-order valence-corrected chi connectivity index (χ0v) is 11.2. The van der Waals surface area contributed by atoms with Gasteiger partial charge in [0.2, 0.25) is 0 Å². The number of carbonyl (C=O) groups excluding carboxylic acids is 1. The lowest BCUT2D eigenvalue weighted by atomic mass is 9.85. The fourth-order valence-electron chi connectivity index (χ4n) is 2.05. The van der Waals surface area contributed by atoms with Crippen LogP contribution >= 0.6 is 0 Å². The highest BCUT2D eigenvalue weighted by Crippen LogP contribution is 2.21. The predicted molar refractivity (Wildman–Crippen MR) is 66.9 cm³/mol. The van der Waals surface area contributed by atoms with Gasteiger partial charge in [0.05, 0.1) is 0 Å². The third kappa shape index (κ3) is 6.70. The number of unbranched alkanes of at least 4 members (excludes halogenated alkanes) is 1. The number of ketones is 1. The van der Waals surface area contributed by atoms with E-state index in [4.69, 9.17) is 0 Å². The second-order valence-electron chi connectivity index (χ2n) is 5.35. The summed E-state index contributed by atoms with van der Waals surface area (Å²) in [6.07, 6.45) is 5.58. The van der Waals surface area contributed by atoms with Crippen molar-refractivity contribution in [3.8, 4) is 0 Å². The molecule has 0 heterocycles. The van der Waals surface area contributed by atoms with Crippen LogP contribution < -0.4 is 0 Å². The molecule has 1 atom stereocenters. The smallest absolute Gasteiger partial charge is 0.135 e. The second kappa shape index (κ2) is 7.90. The zero-order chi connectivity index (χ0) is 11.8. The maximum atomic E-state index is 11.7. The van der Waals surface area contributed by atoms with Crippen molar-refractivity contribution in [2.24, 2.45) is 17.8 Å². The lowest BCUT2D eigenvalue weighted by Gasteiger charge is -2.18. The first-order valence-electron chi connectivity index (χ1n) is 6.51. The van der Waals surface area contributed by atoms with E-state index in [1.165, 1.54) is 19.3 Å². The molecule has 0 radical (unpaired) electrons. The summed E-state index contributed by atoms with van der Waals surface area (Å²) in [5, 5.41) is 0. The van der Waals surface area contributed by atoms with Gasteiger partial charge in [-0.2, -0.15) is 0 Å². The van der Waals surface area contributed by atoms with Crippen molar-refractivity contribution in [3.63, 3.8) is 0 Å². The minimum absolute atomic E-state index is 0.308. The second-order valence-corrected chi connectivity index (χ2v) is 5.35. The van der Waals surface area contributed by atoms with E-state index < -0.39 is 0 Å². The van der Waals surface area contributed by atoms with E-state index in [-0.39, 0.29) is 0 Å². The van der Waals surface area contributed by atoms with Gasteiger partial charge in [0.1, 0.15) is 5.78 Å². The van der Waals surface area contributed by atoms with Crippen LogP contribution in [-0.2, 0) is 4.79 Å². The van der Waals surface area contributed by atoms with Crippen LogP contribution in [0.2, 0.25) is 0 Å². The summed E-state index contributed by atoms with van der Waals surface area (Å²) in [4.78, 5) is 11.7. The van der Waals surface area contributed by atoms with Crippen molar-refractivity contribution >= 4 is 5.78 Å². The van der Waals surface area contributed by atoms with E-state index in [1.54, 1.807) is 0 Å². The van der Waals surface area contributed by atoms with Crippen LogP contribution in [0.5, 0.6) is 0 Å². The Morgan fingerprint density at radius 2 is 1.53 bits per heavy atom. The summed E-state index contributed by atoms with van der Waals surface area (Å²) in [6, 6.07) is 0. The molecule has 0 spiro atoms. The highest BCUT2D eigenvalue weighted by molar-refractivity contribution is 5.80. The summed E-state index contributed by atoms with van der Waals surface area (Å²) < 4.78 is 0. The average molecular weight is 212 g/mol. The molecule has 0 fully saturated rings. The van der Waals surface area contributed by atoms with Crippen molar-refractivity contribution in [1.82, 2.24) is 0 Å². The Balaban J connectivity index is 3.82. The van der Waals surface area contributed by atoms with Gasteiger partial charge in [-0.15, -0.1) is 0 Å². The van der Waals surface area contributed by atoms with Gasteiger partial charge in [-0.05, 0) is 18.3 Å². The van der Waals surface area contributed by atoms with Gasteiger partial charge in [-0.3, -0.25) is 4.79 Å². The van der Waals surface area contributed by atoms with Crippen LogP contribution in [0.3, 0.4) is 0 Å². The fraction of sp³-hybridized carbons (Fsp3) is 0.929. The first-order valence-corrected chi connectivity index (χ1v) is 6.51. The van der Waals surface area contributed by atoms with E-state index in [2.05, 4.69) is 27.7 Å². The molecule has 0 saturated heterocycles. The number of carbonyl (C=O) groups is 1. The van der Waals surface area contributed by atoms with Crippen molar-refractivity contribution in [3.05, 3.63) is 0 Å². The lowest BCUT2D eigenvalue weighted by molar-refractivity contribution is -0.124. The Morgan fingerprint density at radius 1 is 1.00 bits per heavy atom. The monoisotopic (exact) mass is 212 g/mol. The molecular weight excluding hydrogens is 184 g/mol. The normalized spacial score (nSPS) is 13.5. The molecule has 0 amide bonds. The van der Waals surface area contributed by atoms with E-state index in [0.29, 0.717) is 24.0 Å². The molecule has 90 valence electrons. The Bertz CT molecular complexity index is 170. The van der Waals surface area contributed by atoms with E-state index in [0.717, 1.165) is 12.3 Å². The standard InChI is InChI=1S/C14H28O/c1-6-14(15)13(12(4)5)10-8-7-9-11(2)3/h11-13H,6-10H2,1-5H3. The molecule has 0 saturated carbocycles. The molecule has 0 aromatic rings. The molecule has 0 aromatic carbocycles. The summed E-state index contributed by atoms with van der Waals surface area (Å²) >= 11 is 0. The third-order valence-electron chi connectivity index (χ3n) is 3.11. The largest absolute Gasteiger partial charge is 0.299 e. The van der Waals surface area contributed by atoms with Gasteiger partial charge in [-0.1, -0.05) is 53.9 Å². The lowest BCUT2D eigenvalue weighted by Crippen LogP contribution is -2.19. The number of hydrogen-bond donors (Lipinski definition) is 0. The molecule has 0 bridgehead atoms. The molecule has 1 heteroatoms. The quantitative estimate of drug-likeness (QED) is 0.543. The number of Topliss-reactive ketones (excluding diaryl/α,β-unsaturated/α-hetero) is 1. The Labute approximate surface area is 95.6 Å². The average Bonchev–Trinajstić information content (AvgIpc) is 2.15. The predicted octanol–water partition coefficient (Wildman–Crippen LogP) is 4.45. The molecule has 0 aliphatic rings. The first kappa shape index (κ1) is 14.7.